The molecule has 2 aromatic heterocycles. The van der Waals surface area contributed by atoms with Crippen molar-refractivity contribution in [3.05, 3.63) is 49.7 Å². The van der Waals surface area contributed by atoms with Crippen molar-refractivity contribution in [2.45, 2.75) is 13.1 Å². The predicted molar refractivity (Wildman–Crippen MR) is 72.2 cm³/mol. The van der Waals surface area contributed by atoms with Gasteiger partial charge in [-0.05, 0) is 28.1 Å². The lowest BCUT2D eigenvalue weighted by Crippen LogP contribution is -2.27. The highest BCUT2D eigenvalue weighted by atomic mass is 79.9. The first-order chi connectivity index (χ1) is 8.25. The molecule has 0 spiro atoms. The Morgan fingerprint density at radius 3 is 3.12 bits per heavy atom. The van der Waals surface area contributed by atoms with Gasteiger partial charge in [-0.25, -0.2) is 9.78 Å². The van der Waals surface area contributed by atoms with Crippen molar-refractivity contribution in [3.63, 3.8) is 0 Å². The maximum atomic E-state index is 11.3. The molecule has 4 nitrogen and oxygen atoms in total. The molecule has 6 heteroatoms. The standard InChI is InChI=1S/C11H12BrN3OS/c12-9-6-10(17-8-9)7-13-3-5-15-4-1-2-14-11(15)16/h1-2,4,6,8,13H,3,5,7H2. The first-order valence-electron chi connectivity index (χ1n) is 5.21. The summed E-state index contributed by atoms with van der Waals surface area (Å²) in [7, 11) is 0. The minimum absolute atomic E-state index is 0.201. The lowest BCUT2D eigenvalue weighted by atomic mass is 10.4. The fourth-order valence-electron chi connectivity index (χ4n) is 1.41. The zero-order chi connectivity index (χ0) is 12.1. The van der Waals surface area contributed by atoms with Crippen LogP contribution in [0.25, 0.3) is 0 Å². The number of rotatable bonds is 5. The molecule has 0 amide bonds. The van der Waals surface area contributed by atoms with Gasteiger partial charge in [-0.2, -0.15) is 0 Å². The van der Waals surface area contributed by atoms with Crippen LogP contribution in [0.15, 0.2) is 39.2 Å². The molecule has 0 atom stereocenters. The average molecular weight is 314 g/mol. The third kappa shape index (κ3) is 3.76. The van der Waals surface area contributed by atoms with Crippen molar-refractivity contribution in [1.29, 1.82) is 0 Å². The molecule has 0 bridgehead atoms. The molecule has 90 valence electrons. The molecule has 2 heterocycles. The Hall–Kier alpha value is -0.980. The van der Waals surface area contributed by atoms with E-state index in [-0.39, 0.29) is 5.69 Å². The van der Waals surface area contributed by atoms with E-state index < -0.39 is 0 Å². The van der Waals surface area contributed by atoms with Gasteiger partial charge in [0.05, 0.1) is 0 Å². The van der Waals surface area contributed by atoms with E-state index in [0.29, 0.717) is 6.54 Å². The number of hydrogen-bond acceptors (Lipinski definition) is 4. The molecule has 2 rings (SSSR count). The topological polar surface area (TPSA) is 46.9 Å². The van der Waals surface area contributed by atoms with E-state index in [4.69, 9.17) is 0 Å². The van der Waals surface area contributed by atoms with Gasteiger partial charge in [-0.1, -0.05) is 0 Å². The smallest absolute Gasteiger partial charge is 0.310 e. The van der Waals surface area contributed by atoms with Gasteiger partial charge < -0.3 is 5.32 Å². The molecule has 1 N–H and O–H groups in total. The Morgan fingerprint density at radius 1 is 1.53 bits per heavy atom. The highest BCUT2D eigenvalue weighted by molar-refractivity contribution is 9.10. The van der Waals surface area contributed by atoms with Crippen molar-refractivity contribution in [2.24, 2.45) is 0 Å². The van der Waals surface area contributed by atoms with Crippen LogP contribution >= 0.6 is 27.3 Å². The van der Waals surface area contributed by atoms with E-state index in [1.54, 1.807) is 28.2 Å². The first kappa shape index (κ1) is 12.5. The molecule has 0 saturated carbocycles. The number of hydrogen-bond donors (Lipinski definition) is 1. The highest BCUT2D eigenvalue weighted by Crippen LogP contribution is 2.19. The second-order valence-corrected chi connectivity index (χ2v) is 5.42. The van der Waals surface area contributed by atoms with Crippen LogP contribution in [0.1, 0.15) is 4.88 Å². The van der Waals surface area contributed by atoms with Crippen LogP contribution in [0.4, 0.5) is 0 Å². The van der Waals surface area contributed by atoms with E-state index in [1.165, 1.54) is 11.1 Å². The van der Waals surface area contributed by atoms with Crippen molar-refractivity contribution in [2.75, 3.05) is 6.54 Å². The van der Waals surface area contributed by atoms with Crippen LogP contribution in [0.2, 0.25) is 0 Å². The Morgan fingerprint density at radius 2 is 2.41 bits per heavy atom. The van der Waals surface area contributed by atoms with Gasteiger partial charge in [0, 0.05) is 46.8 Å². The summed E-state index contributed by atoms with van der Waals surface area (Å²) in [5.74, 6) is 0. The van der Waals surface area contributed by atoms with Gasteiger partial charge >= 0.3 is 5.69 Å². The summed E-state index contributed by atoms with van der Waals surface area (Å²) in [6.07, 6.45) is 3.26. The van der Waals surface area contributed by atoms with Crippen molar-refractivity contribution in [1.82, 2.24) is 14.9 Å². The molecular weight excluding hydrogens is 302 g/mol. The van der Waals surface area contributed by atoms with Gasteiger partial charge in [0.15, 0.2) is 0 Å². The number of halogens is 1. The summed E-state index contributed by atoms with van der Waals surface area (Å²) in [6.45, 7) is 2.21. The van der Waals surface area contributed by atoms with Gasteiger partial charge in [0.1, 0.15) is 0 Å². The average Bonchev–Trinajstić information content (AvgIpc) is 2.73. The van der Waals surface area contributed by atoms with Gasteiger partial charge in [-0.15, -0.1) is 11.3 Å². The fraction of sp³-hybridized carbons (Fsp3) is 0.273. The minimum atomic E-state index is -0.201. The van der Waals surface area contributed by atoms with Gasteiger partial charge in [-0.3, -0.25) is 4.57 Å². The third-order valence-electron chi connectivity index (χ3n) is 2.23. The molecule has 0 unspecified atom stereocenters. The third-order valence-corrected chi connectivity index (χ3v) is 3.93. The zero-order valence-electron chi connectivity index (χ0n) is 9.10. The van der Waals surface area contributed by atoms with Crippen LogP contribution in [0, 0.1) is 0 Å². The monoisotopic (exact) mass is 313 g/mol. The minimum Gasteiger partial charge on any atom is -0.310 e. The number of aromatic nitrogens is 2. The maximum absolute atomic E-state index is 11.3. The Labute approximate surface area is 111 Å². The summed E-state index contributed by atoms with van der Waals surface area (Å²) in [4.78, 5) is 16.3. The van der Waals surface area contributed by atoms with E-state index in [9.17, 15) is 4.79 Å². The lowest BCUT2D eigenvalue weighted by molar-refractivity contribution is 0.578. The summed E-state index contributed by atoms with van der Waals surface area (Å²) in [5, 5.41) is 5.35. The molecule has 0 aliphatic carbocycles. The number of nitrogens with zero attached hydrogens (tertiary/aromatic N) is 2. The van der Waals surface area contributed by atoms with Crippen LogP contribution < -0.4 is 11.0 Å². The van der Waals surface area contributed by atoms with Crippen LogP contribution in [-0.4, -0.2) is 16.1 Å². The summed E-state index contributed by atoms with van der Waals surface area (Å²) in [6, 6.07) is 3.85. The van der Waals surface area contributed by atoms with Crippen molar-refractivity contribution >= 4 is 27.3 Å². The molecule has 2 aromatic rings. The Bertz CT molecular complexity index is 537. The summed E-state index contributed by atoms with van der Waals surface area (Å²) >= 11 is 5.12. The largest absolute Gasteiger partial charge is 0.347 e. The molecule has 0 saturated heterocycles. The lowest BCUT2D eigenvalue weighted by Gasteiger charge is -2.05. The molecule has 0 fully saturated rings. The molecule has 17 heavy (non-hydrogen) atoms. The number of nitrogens with one attached hydrogen (secondary N) is 1. The second-order valence-electron chi connectivity index (χ2n) is 3.50. The van der Waals surface area contributed by atoms with E-state index in [0.717, 1.165) is 17.6 Å². The van der Waals surface area contributed by atoms with E-state index in [2.05, 4.69) is 37.7 Å². The first-order valence-corrected chi connectivity index (χ1v) is 6.88. The van der Waals surface area contributed by atoms with E-state index >= 15 is 0 Å². The molecule has 0 aliphatic heterocycles. The SMILES string of the molecule is O=c1ncccn1CCNCc1cc(Br)cs1. The van der Waals surface area contributed by atoms with Crippen LogP contribution in [0.3, 0.4) is 0 Å². The maximum Gasteiger partial charge on any atom is 0.347 e. The summed E-state index contributed by atoms with van der Waals surface area (Å²) < 4.78 is 2.71. The molecular formula is C11H12BrN3OS. The normalized spacial score (nSPS) is 10.6. The quantitative estimate of drug-likeness (QED) is 0.857. The van der Waals surface area contributed by atoms with Crippen molar-refractivity contribution in [3.8, 4) is 0 Å². The van der Waals surface area contributed by atoms with Crippen LogP contribution in [-0.2, 0) is 13.1 Å². The fourth-order valence-corrected chi connectivity index (χ4v) is 2.84. The predicted octanol–water partition coefficient (Wildman–Crippen LogP) is 1.86. The Balaban J connectivity index is 1.77. The second kappa shape index (κ2) is 6.09. The van der Waals surface area contributed by atoms with Crippen LogP contribution in [0.5, 0.6) is 0 Å². The van der Waals surface area contributed by atoms with Gasteiger partial charge in [0.25, 0.3) is 0 Å². The van der Waals surface area contributed by atoms with E-state index in [1.807, 2.05) is 0 Å². The zero-order valence-corrected chi connectivity index (χ0v) is 11.5. The molecule has 0 radical (unpaired) electrons. The highest BCUT2D eigenvalue weighted by Gasteiger charge is 1.98. The molecule has 0 aromatic carbocycles. The Kier molecular flexibility index (Phi) is 4.47. The molecule has 0 aliphatic rings. The summed E-state index contributed by atoms with van der Waals surface area (Å²) in [5.41, 5.74) is -0.201. The number of thiophene rings is 1. The van der Waals surface area contributed by atoms with Gasteiger partial charge in [0.2, 0.25) is 0 Å². The van der Waals surface area contributed by atoms with Crippen molar-refractivity contribution < 1.29 is 0 Å².